The van der Waals surface area contributed by atoms with Crippen LogP contribution in [0.2, 0.25) is 0 Å². The molecule has 0 saturated carbocycles. The molecule has 14 heavy (non-hydrogen) atoms. The van der Waals surface area contributed by atoms with E-state index >= 15 is 0 Å². The van der Waals surface area contributed by atoms with Gasteiger partial charge in [0.2, 0.25) is 0 Å². The van der Waals surface area contributed by atoms with E-state index in [4.69, 9.17) is 4.74 Å². The number of esters is 1. The van der Waals surface area contributed by atoms with Gasteiger partial charge >= 0.3 is 5.97 Å². The summed E-state index contributed by atoms with van der Waals surface area (Å²) in [6.45, 7) is 3.63. The first-order valence-corrected chi connectivity index (χ1v) is 4.48. The number of carbonyl (C=O) groups excluding carboxylic acids is 1. The minimum Gasteiger partial charge on any atom is -0.465 e. The molecule has 2 nitrogen and oxygen atoms in total. The van der Waals surface area contributed by atoms with Crippen LogP contribution >= 0.6 is 0 Å². The summed E-state index contributed by atoms with van der Waals surface area (Å²) in [6, 6.07) is 6.20. The lowest BCUT2D eigenvalue weighted by Crippen LogP contribution is -2.07. The van der Waals surface area contributed by atoms with Crippen molar-refractivity contribution in [2.24, 2.45) is 0 Å². The fourth-order valence-corrected chi connectivity index (χ4v) is 1.13. The topological polar surface area (TPSA) is 26.3 Å². The molecule has 76 valence electrons. The summed E-state index contributed by atoms with van der Waals surface area (Å²) in [5.74, 6) is -0.452. The maximum Gasteiger partial charge on any atom is 0.302 e. The van der Waals surface area contributed by atoms with Crippen molar-refractivity contribution < 1.29 is 13.9 Å². The molecule has 0 spiro atoms. The number of carbonyl (C=O) groups is 1. The molecule has 1 atom stereocenters. The summed E-state index contributed by atoms with van der Waals surface area (Å²) >= 11 is 0. The first kappa shape index (κ1) is 10.7. The average Bonchev–Trinajstić information content (AvgIpc) is 2.15. The minimum absolute atomic E-state index is 0.0968. The summed E-state index contributed by atoms with van der Waals surface area (Å²) in [6.07, 6.45) is 0. The molecule has 0 aliphatic carbocycles. The number of hydrogen-bond acceptors (Lipinski definition) is 2. The molecule has 0 aromatic heterocycles. The smallest absolute Gasteiger partial charge is 0.302 e. The molecule has 0 N–H and O–H groups in total. The molecule has 1 rings (SSSR count). The Kier molecular flexibility index (Phi) is 3.63. The van der Waals surface area contributed by atoms with Gasteiger partial charge in [0.15, 0.2) is 0 Å². The van der Waals surface area contributed by atoms with Crippen molar-refractivity contribution in [2.45, 2.75) is 19.8 Å². The number of ether oxygens (including phenoxy) is 1. The van der Waals surface area contributed by atoms with Crippen LogP contribution in [0.4, 0.5) is 4.39 Å². The Hall–Kier alpha value is -1.38. The molecule has 3 heteroatoms. The Labute approximate surface area is 82.7 Å². The molecule has 0 bridgehead atoms. The third-order valence-corrected chi connectivity index (χ3v) is 1.98. The normalized spacial score (nSPS) is 12.2. The lowest BCUT2D eigenvalue weighted by Gasteiger charge is -2.11. The molecule has 0 aliphatic rings. The van der Waals surface area contributed by atoms with Crippen molar-refractivity contribution in [3.05, 3.63) is 35.6 Å². The first-order valence-electron chi connectivity index (χ1n) is 4.48. The van der Waals surface area contributed by atoms with E-state index in [0.29, 0.717) is 6.61 Å². The molecule has 0 fully saturated rings. The lowest BCUT2D eigenvalue weighted by atomic mass is 10.0. The predicted molar refractivity (Wildman–Crippen MR) is 51.4 cm³/mol. The van der Waals surface area contributed by atoms with Crippen LogP contribution in [0.1, 0.15) is 25.3 Å². The van der Waals surface area contributed by atoms with Crippen LogP contribution in [-0.2, 0) is 9.53 Å². The summed E-state index contributed by atoms with van der Waals surface area (Å²) in [7, 11) is 0. The van der Waals surface area contributed by atoms with Crippen LogP contribution in [0.5, 0.6) is 0 Å². The third kappa shape index (κ3) is 3.17. The largest absolute Gasteiger partial charge is 0.465 e. The van der Waals surface area contributed by atoms with Gasteiger partial charge in [-0.1, -0.05) is 19.1 Å². The van der Waals surface area contributed by atoms with Crippen LogP contribution < -0.4 is 0 Å². The van der Waals surface area contributed by atoms with E-state index in [1.54, 1.807) is 12.1 Å². The quantitative estimate of drug-likeness (QED) is 0.694. The molecule has 0 heterocycles. The fraction of sp³-hybridized carbons (Fsp3) is 0.364. The van der Waals surface area contributed by atoms with E-state index in [9.17, 15) is 9.18 Å². The van der Waals surface area contributed by atoms with Gasteiger partial charge in [-0.25, -0.2) is 4.39 Å². The zero-order chi connectivity index (χ0) is 10.6. The van der Waals surface area contributed by atoms with Crippen LogP contribution in [0.15, 0.2) is 24.3 Å². The minimum atomic E-state index is -0.293. The van der Waals surface area contributed by atoms with Crippen molar-refractivity contribution in [1.82, 2.24) is 0 Å². The molecule has 1 aromatic carbocycles. The highest BCUT2D eigenvalue weighted by Crippen LogP contribution is 2.15. The second-order valence-electron chi connectivity index (χ2n) is 3.26. The van der Waals surface area contributed by atoms with Crippen LogP contribution in [-0.4, -0.2) is 12.6 Å². The van der Waals surface area contributed by atoms with Gasteiger partial charge in [-0.3, -0.25) is 4.79 Å². The van der Waals surface area contributed by atoms with E-state index < -0.39 is 0 Å². The summed E-state index contributed by atoms with van der Waals surface area (Å²) in [5, 5.41) is 0. The fourth-order valence-electron chi connectivity index (χ4n) is 1.13. The maximum absolute atomic E-state index is 12.6. The van der Waals surface area contributed by atoms with Gasteiger partial charge in [0.1, 0.15) is 5.82 Å². The second-order valence-corrected chi connectivity index (χ2v) is 3.26. The molecule has 1 aromatic rings. The van der Waals surface area contributed by atoms with Gasteiger partial charge in [0.05, 0.1) is 6.61 Å². The Balaban J connectivity index is 2.56. The van der Waals surface area contributed by atoms with Crippen LogP contribution in [0, 0.1) is 5.82 Å². The number of rotatable bonds is 3. The van der Waals surface area contributed by atoms with E-state index in [1.165, 1.54) is 19.1 Å². The molecule has 0 saturated heterocycles. The molecular weight excluding hydrogens is 183 g/mol. The Morgan fingerprint density at radius 2 is 2.00 bits per heavy atom. The Morgan fingerprint density at radius 1 is 1.43 bits per heavy atom. The highest BCUT2D eigenvalue weighted by molar-refractivity contribution is 5.65. The van der Waals surface area contributed by atoms with Gasteiger partial charge in [-0.2, -0.15) is 0 Å². The molecular formula is C11H13FO2. The maximum atomic E-state index is 12.6. The van der Waals surface area contributed by atoms with Crippen molar-refractivity contribution in [2.75, 3.05) is 6.61 Å². The van der Waals surface area contributed by atoms with E-state index in [0.717, 1.165) is 5.56 Å². The van der Waals surface area contributed by atoms with Crippen molar-refractivity contribution in [3.8, 4) is 0 Å². The zero-order valence-corrected chi connectivity index (χ0v) is 8.29. The second kappa shape index (κ2) is 4.74. The zero-order valence-electron chi connectivity index (χ0n) is 8.29. The van der Waals surface area contributed by atoms with E-state index in [2.05, 4.69) is 0 Å². The van der Waals surface area contributed by atoms with E-state index in [1.807, 2.05) is 6.92 Å². The van der Waals surface area contributed by atoms with Gasteiger partial charge in [-0.05, 0) is 17.7 Å². The van der Waals surface area contributed by atoms with Crippen molar-refractivity contribution in [3.63, 3.8) is 0 Å². The highest BCUT2D eigenvalue weighted by Gasteiger charge is 2.06. The number of benzene rings is 1. The number of halogens is 1. The van der Waals surface area contributed by atoms with Gasteiger partial charge in [0, 0.05) is 12.8 Å². The molecule has 0 aliphatic heterocycles. The first-order chi connectivity index (χ1) is 6.59. The average molecular weight is 196 g/mol. The number of hydrogen-bond donors (Lipinski definition) is 0. The molecule has 1 unspecified atom stereocenters. The van der Waals surface area contributed by atoms with Crippen molar-refractivity contribution in [1.29, 1.82) is 0 Å². The Morgan fingerprint density at radius 3 is 2.50 bits per heavy atom. The van der Waals surface area contributed by atoms with Gasteiger partial charge < -0.3 is 4.74 Å². The van der Waals surface area contributed by atoms with E-state index in [-0.39, 0.29) is 17.7 Å². The summed E-state index contributed by atoms with van der Waals surface area (Å²) < 4.78 is 17.4. The Bertz CT molecular complexity index is 306. The molecule has 0 amide bonds. The summed E-state index contributed by atoms with van der Waals surface area (Å²) in [5.41, 5.74) is 0.965. The van der Waals surface area contributed by atoms with Crippen LogP contribution in [0.3, 0.4) is 0 Å². The van der Waals surface area contributed by atoms with Gasteiger partial charge in [-0.15, -0.1) is 0 Å². The molecule has 0 radical (unpaired) electrons. The lowest BCUT2D eigenvalue weighted by molar-refractivity contribution is -0.141. The van der Waals surface area contributed by atoms with Crippen molar-refractivity contribution >= 4 is 5.97 Å². The predicted octanol–water partition coefficient (Wildman–Crippen LogP) is 2.49. The SMILES string of the molecule is CC(=O)OCC(C)c1ccc(F)cc1. The highest BCUT2D eigenvalue weighted by atomic mass is 19.1. The van der Waals surface area contributed by atoms with Gasteiger partial charge in [0.25, 0.3) is 0 Å². The summed E-state index contributed by atoms with van der Waals surface area (Å²) in [4.78, 5) is 10.6. The monoisotopic (exact) mass is 196 g/mol. The van der Waals surface area contributed by atoms with Crippen LogP contribution in [0.25, 0.3) is 0 Å². The standard InChI is InChI=1S/C11H13FO2/c1-8(7-14-9(2)13)10-3-5-11(12)6-4-10/h3-6,8H,7H2,1-2H3. The third-order valence-electron chi connectivity index (χ3n) is 1.98.